The third kappa shape index (κ3) is 5.15. The van der Waals surface area contributed by atoms with Crippen molar-refractivity contribution in [1.29, 1.82) is 5.26 Å². The van der Waals surface area contributed by atoms with Gasteiger partial charge < -0.3 is 9.64 Å². The van der Waals surface area contributed by atoms with Gasteiger partial charge in [0.15, 0.2) is 11.6 Å². The topological polar surface area (TPSA) is 96.9 Å². The minimum Gasteiger partial charge on any atom is -0.495 e. The first-order valence-corrected chi connectivity index (χ1v) is 11.3. The summed E-state index contributed by atoms with van der Waals surface area (Å²) in [6.07, 6.45) is 7.43. The van der Waals surface area contributed by atoms with Gasteiger partial charge in [-0.25, -0.2) is 9.67 Å². The third-order valence-corrected chi connectivity index (χ3v) is 6.18. The van der Waals surface area contributed by atoms with E-state index in [9.17, 15) is 4.79 Å². The lowest BCUT2D eigenvalue weighted by Crippen LogP contribution is -2.40. The zero-order chi connectivity index (χ0) is 23.2. The van der Waals surface area contributed by atoms with Gasteiger partial charge in [-0.05, 0) is 43.2 Å². The van der Waals surface area contributed by atoms with Crippen molar-refractivity contribution in [3.8, 4) is 34.6 Å². The third-order valence-electron chi connectivity index (χ3n) is 5.89. The van der Waals surface area contributed by atoms with Crippen molar-refractivity contribution in [3.05, 3.63) is 47.7 Å². The first-order chi connectivity index (χ1) is 16.1. The minimum atomic E-state index is -0.132. The zero-order valence-corrected chi connectivity index (χ0v) is 19.2. The summed E-state index contributed by atoms with van der Waals surface area (Å²) in [7, 11) is 1.57. The highest BCUT2D eigenvalue weighted by molar-refractivity contribution is 6.32. The van der Waals surface area contributed by atoms with Crippen molar-refractivity contribution in [3.63, 3.8) is 0 Å². The van der Waals surface area contributed by atoms with E-state index < -0.39 is 0 Å². The maximum atomic E-state index is 12.7. The molecule has 0 saturated heterocycles. The van der Waals surface area contributed by atoms with Gasteiger partial charge in [0, 0.05) is 36.1 Å². The van der Waals surface area contributed by atoms with E-state index in [0.29, 0.717) is 35.5 Å². The summed E-state index contributed by atoms with van der Waals surface area (Å²) in [5.41, 5.74) is 1.64. The molecule has 8 nitrogen and oxygen atoms in total. The van der Waals surface area contributed by atoms with Crippen LogP contribution in [0.3, 0.4) is 0 Å². The van der Waals surface area contributed by atoms with Crippen LogP contribution in [0.1, 0.15) is 32.1 Å². The molecule has 2 aromatic heterocycles. The second-order valence-corrected chi connectivity index (χ2v) is 8.33. The van der Waals surface area contributed by atoms with Gasteiger partial charge >= 0.3 is 0 Å². The summed E-state index contributed by atoms with van der Waals surface area (Å²) in [5.74, 6) is 1.66. The van der Waals surface area contributed by atoms with Gasteiger partial charge in [0.05, 0.1) is 24.7 Å². The Morgan fingerprint density at radius 2 is 2.00 bits per heavy atom. The fraction of sp³-hybridized carbons (Fsp3) is 0.375. The van der Waals surface area contributed by atoms with E-state index in [-0.39, 0.29) is 18.4 Å². The largest absolute Gasteiger partial charge is 0.495 e. The molecule has 1 aliphatic carbocycles. The molecular formula is C24H25ClN6O2. The Kier molecular flexibility index (Phi) is 7.20. The molecule has 0 N–H and O–H groups in total. The number of nitriles is 1. The highest BCUT2D eigenvalue weighted by Crippen LogP contribution is 2.31. The summed E-state index contributed by atoms with van der Waals surface area (Å²) < 4.78 is 7.07. The standard InChI is InChI=1S/C24H25ClN6O2/c1-33-21-7-6-18(16-20(21)25)24-28-23(17-9-12-27-13-10-17)29-31(24)15-14-30(22(32)8-11-26)19-4-2-3-5-19/h6-7,9-10,12-13,16,19H,2-5,8,14-15H2,1H3. The van der Waals surface area contributed by atoms with Gasteiger partial charge in [0.1, 0.15) is 12.2 Å². The Hall–Kier alpha value is -3.44. The molecule has 0 spiro atoms. The quantitative estimate of drug-likeness (QED) is 0.491. The summed E-state index contributed by atoms with van der Waals surface area (Å²) >= 11 is 6.37. The molecule has 1 aliphatic rings. The van der Waals surface area contributed by atoms with Crippen LogP contribution in [-0.2, 0) is 11.3 Å². The van der Waals surface area contributed by atoms with E-state index in [1.165, 1.54) is 0 Å². The van der Waals surface area contributed by atoms with Crippen molar-refractivity contribution in [1.82, 2.24) is 24.6 Å². The van der Waals surface area contributed by atoms with Crippen LogP contribution in [0.25, 0.3) is 22.8 Å². The number of ether oxygens (including phenoxy) is 1. The number of halogens is 1. The molecule has 3 aromatic rings. The number of rotatable bonds is 8. The fourth-order valence-corrected chi connectivity index (χ4v) is 4.50. The SMILES string of the molecule is COc1ccc(-c2nc(-c3ccncc3)nn2CCN(C(=O)CC#N)C2CCCC2)cc1Cl. The molecule has 1 fully saturated rings. The lowest BCUT2D eigenvalue weighted by atomic mass is 10.2. The Morgan fingerprint density at radius 1 is 1.24 bits per heavy atom. The summed E-state index contributed by atoms with van der Waals surface area (Å²) in [5, 5.41) is 14.3. The number of hydrogen-bond acceptors (Lipinski definition) is 6. The van der Waals surface area contributed by atoms with Gasteiger partial charge in [0.2, 0.25) is 5.91 Å². The van der Waals surface area contributed by atoms with Gasteiger partial charge in [-0.15, -0.1) is 0 Å². The fourth-order valence-electron chi connectivity index (χ4n) is 4.24. The van der Waals surface area contributed by atoms with Crippen LogP contribution in [0.2, 0.25) is 5.02 Å². The molecule has 2 heterocycles. The molecule has 0 radical (unpaired) electrons. The lowest BCUT2D eigenvalue weighted by molar-refractivity contribution is -0.132. The van der Waals surface area contributed by atoms with E-state index in [0.717, 1.165) is 36.8 Å². The maximum absolute atomic E-state index is 12.7. The number of benzene rings is 1. The van der Waals surface area contributed by atoms with Crippen LogP contribution in [-0.4, -0.2) is 50.3 Å². The maximum Gasteiger partial charge on any atom is 0.237 e. The Morgan fingerprint density at radius 3 is 2.67 bits per heavy atom. The second kappa shape index (κ2) is 10.5. The number of pyridine rings is 1. The molecule has 0 bridgehead atoms. The predicted molar refractivity (Wildman–Crippen MR) is 124 cm³/mol. The number of carbonyl (C=O) groups is 1. The van der Waals surface area contributed by atoms with Crippen LogP contribution in [0, 0.1) is 11.3 Å². The molecule has 33 heavy (non-hydrogen) atoms. The number of nitrogens with zero attached hydrogens (tertiary/aromatic N) is 6. The van der Waals surface area contributed by atoms with Gasteiger partial charge in [-0.1, -0.05) is 24.4 Å². The first-order valence-electron chi connectivity index (χ1n) is 11.0. The summed E-state index contributed by atoms with van der Waals surface area (Å²) in [6.45, 7) is 0.909. The Bertz CT molecular complexity index is 1150. The molecule has 4 rings (SSSR count). The van der Waals surface area contributed by atoms with Gasteiger partial charge in [-0.2, -0.15) is 10.4 Å². The second-order valence-electron chi connectivity index (χ2n) is 7.93. The van der Waals surface area contributed by atoms with Crippen LogP contribution < -0.4 is 4.74 Å². The average molecular weight is 465 g/mol. The normalized spacial score (nSPS) is 13.6. The van der Waals surface area contributed by atoms with Crippen LogP contribution >= 0.6 is 11.6 Å². The van der Waals surface area contributed by atoms with Crippen LogP contribution in [0.15, 0.2) is 42.7 Å². The Balaban J connectivity index is 1.67. The average Bonchev–Trinajstić information content (AvgIpc) is 3.51. The van der Waals surface area contributed by atoms with E-state index in [4.69, 9.17) is 31.7 Å². The number of methoxy groups -OCH3 is 1. The molecule has 1 amide bonds. The van der Waals surface area contributed by atoms with Crippen molar-refractivity contribution in [2.45, 2.75) is 44.7 Å². The molecule has 1 aromatic carbocycles. The highest BCUT2D eigenvalue weighted by atomic mass is 35.5. The lowest BCUT2D eigenvalue weighted by Gasteiger charge is -2.28. The zero-order valence-electron chi connectivity index (χ0n) is 18.4. The van der Waals surface area contributed by atoms with Crippen molar-refractivity contribution >= 4 is 17.5 Å². The molecule has 1 saturated carbocycles. The van der Waals surface area contributed by atoms with Crippen molar-refractivity contribution in [2.75, 3.05) is 13.7 Å². The monoisotopic (exact) mass is 464 g/mol. The molecular weight excluding hydrogens is 440 g/mol. The van der Waals surface area contributed by atoms with Gasteiger partial charge in [0.25, 0.3) is 0 Å². The first kappa shape index (κ1) is 22.7. The molecule has 0 aliphatic heterocycles. The van der Waals surface area contributed by atoms with Gasteiger partial charge in [-0.3, -0.25) is 9.78 Å². The number of hydrogen-bond donors (Lipinski definition) is 0. The molecule has 0 unspecified atom stereocenters. The Labute approximate surface area is 197 Å². The summed E-state index contributed by atoms with van der Waals surface area (Å²) in [6, 6.07) is 11.4. The van der Waals surface area contributed by atoms with Crippen molar-refractivity contribution < 1.29 is 9.53 Å². The van der Waals surface area contributed by atoms with Crippen LogP contribution in [0.4, 0.5) is 0 Å². The highest BCUT2D eigenvalue weighted by Gasteiger charge is 2.27. The number of aromatic nitrogens is 4. The summed E-state index contributed by atoms with van der Waals surface area (Å²) in [4.78, 5) is 23.3. The molecule has 0 atom stereocenters. The molecule has 170 valence electrons. The van der Waals surface area contributed by atoms with Crippen molar-refractivity contribution in [2.24, 2.45) is 0 Å². The number of carbonyl (C=O) groups excluding carboxylic acids is 1. The predicted octanol–water partition coefficient (Wildman–Crippen LogP) is 4.35. The van der Waals surface area contributed by atoms with Crippen LogP contribution in [0.5, 0.6) is 5.75 Å². The van der Waals surface area contributed by atoms with E-state index in [1.54, 1.807) is 36.3 Å². The molecule has 9 heteroatoms. The minimum absolute atomic E-state index is 0.114. The van der Waals surface area contributed by atoms with E-state index in [2.05, 4.69) is 4.98 Å². The van der Waals surface area contributed by atoms with E-state index in [1.807, 2.05) is 29.2 Å². The number of amides is 1. The smallest absolute Gasteiger partial charge is 0.237 e. The van der Waals surface area contributed by atoms with E-state index >= 15 is 0 Å².